The van der Waals surface area contributed by atoms with Crippen molar-refractivity contribution in [3.05, 3.63) is 60.2 Å². The van der Waals surface area contributed by atoms with Crippen LogP contribution in [0.5, 0.6) is 0 Å². The molecule has 6 rings (SSSR count). The molecule has 4 saturated carbocycles. The van der Waals surface area contributed by atoms with E-state index >= 15 is 0 Å². The van der Waals surface area contributed by atoms with Crippen LogP contribution in [-0.2, 0) is 5.41 Å². The first-order chi connectivity index (χ1) is 10.8. The van der Waals surface area contributed by atoms with Crippen molar-refractivity contribution < 1.29 is 0 Å². The summed E-state index contributed by atoms with van der Waals surface area (Å²) in [4.78, 5) is 0. The van der Waals surface area contributed by atoms with Gasteiger partial charge < -0.3 is 0 Å². The van der Waals surface area contributed by atoms with E-state index in [-0.39, 0.29) is 0 Å². The van der Waals surface area contributed by atoms with Gasteiger partial charge in [0.25, 0.3) is 0 Å². The lowest BCUT2D eigenvalue weighted by Gasteiger charge is -2.57. The summed E-state index contributed by atoms with van der Waals surface area (Å²) in [5.41, 5.74) is 5.03. The molecular formula is C22H24. The van der Waals surface area contributed by atoms with Crippen molar-refractivity contribution in [1.29, 1.82) is 0 Å². The minimum atomic E-state index is 0.487. The van der Waals surface area contributed by atoms with Crippen LogP contribution in [0.15, 0.2) is 54.6 Å². The zero-order chi connectivity index (χ0) is 14.6. The molecule has 4 bridgehead atoms. The fourth-order valence-electron chi connectivity index (χ4n) is 6.26. The largest absolute Gasteiger partial charge is 0.0622 e. The molecule has 4 aliphatic rings. The Hall–Kier alpha value is -1.56. The van der Waals surface area contributed by atoms with Crippen molar-refractivity contribution in [2.75, 3.05) is 0 Å². The summed E-state index contributed by atoms with van der Waals surface area (Å²) < 4.78 is 0. The van der Waals surface area contributed by atoms with Gasteiger partial charge in [-0.15, -0.1) is 0 Å². The molecule has 0 aromatic heterocycles. The van der Waals surface area contributed by atoms with E-state index in [2.05, 4.69) is 54.6 Å². The summed E-state index contributed by atoms with van der Waals surface area (Å²) in [6, 6.07) is 20.3. The third-order valence-electron chi connectivity index (χ3n) is 6.62. The zero-order valence-electron chi connectivity index (χ0n) is 13.2. The lowest BCUT2D eigenvalue weighted by Crippen LogP contribution is -2.48. The first-order valence-corrected chi connectivity index (χ1v) is 8.97. The van der Waals surface area contributed by atoms with Gasteiger partial charge in [0.15, 0.2) is 0 Å². The maximum atomic E-state index is 2.44. The molecule has 0 atom stereocenters. The van der Waals surface area contributed by atoms with Gasteiger partial charge in [0.1, 0.15) is 0 Å². The van der Waals surface area contributed by atoms with E-state index in [1.165, 1.54) is 49.7 Å². The summed E-state index contributed by atoms with van der Waals surface area (Å²) in [5, 5.41) is 0. The van der Waals surface area contributed by atoms with Crippen LogP contribution in [0.3, 0.4) is 0 Å². The summed E-state index contributed by atoms with van der Waals surface area (Å²) in [6.45, 7) is 0. The molecule has 0 N–H and O–H groups in total. The van der Waals surface area contributed by atoms with Crippen LogP contribution in [0.4, 0.5) is 0 Å². The fourth-order valence-corrected chi connectivity index (χ4v) is 6.26. The molecule has 22 heavy (non-hydrogen) atoms. The van der Waals surface area contributed by atoms with Gasteiger partial charge in [-0.2, -0.15) is 0 Å². The molecule has 0 nitrogen and oxygen atoms in total. The molecule has 0 radical (unpaired) electrons. The summed E-state index contributed by atoms with van der Waals surface area (Å²) in [6.07, 6.45) is 8.90. The van der Waals surface area contributed by atoms with Crippen LogP contribution in [0.1, 0.15) is 44.1 Å². The molecule has 0 aliphatic heterocycles. The number of rotatable bonds is 2. The van der Waals surface area contributed by atoms with E-state index in [1.807, 2.05) is 0 Å². The first kappa shape index (κ1) is 12.9. The molecule has 2 aromatic rings. The van der Waals surface area contributed by atoms with E-state index in [1.54, 1.807) is 5.56 Å². The van der Waals surface area contributed by atoms with Crippen LogP contribution in [0.25, 0.3) is 11.1 Å². The molecule has 0 unspecified atom stereocenters. The molecule has 0 heterocycles. The van der Waals surface area contributed by atoms with Crippen LogP contribution in [-0.4, -0.2) is 0 Å². The number of hydrogen-bond acceptors (Lipinski definition) is 0. The van der Waals surface area contributed by atoms with Crippen molar-refractivity contribution in [2.24, 2.45) is 17.8 Å². The lowest BCUT2D eigenvalue weighted by atomic mass is 9.47. The van der Waals surface area contributed by atoms with E-state index < -0.39 is 0 Å². The van der Waals surface area contributed by atoms with Gasteiger partial charge in [0.05, 0.1) is 0 Å². The number of benzene rings is 2. The fraction of sp³-hybridized carbons (Fsp3) is 0.455. The third-order valence-corrected chi connectivity index (χ3v) is 6.62. The average molecular weight is 288 g/mol. The number of hydrogen-bond donors (Lipinski definition) is 0. The Labute approximate surface area is 133 Å². The molecule has 0 amide bonds. The monoisotopic (exact) mass is 288 g/mol. The minimum Gasteiger partial charge on any atom is -0.0622 e. The first-order valence-electron chi connectivity index (χ1n) is 8.97. The Bertz CT molecular complexity index is 647. The Morgan fingerprint density at radius 1 is 0.636 bits per heavy atom. The second kappa shape index (κ2) is 4.72. The van der Waals surface area contributed by atoms with Crippen LogP contribution in [0, 0.1) is 17.8 Å². The predicted molar refractivity (Wildman–Crippen MR) is 91.7 cm³/mol. The Balaban J connectivity index is 1.64. The van der Waals surface area contributed by atoms with Crippen molar-refractivity contribution in [2.45, 2.75) is 43.9 Å². The van der Waals surface area contributed by atoms with E-state index in [4.69, 9.17) is 0 Å². The Kier molecular flexibility index (Phi) is 2.77. The van der Waals surface area contributed by atoms with Crippen molar-refractivity contribution in [3.8, 4) is 11.1 Å². The highest BCUT2D eigenvalue weighted by molar-refractivity contribution is 5.69. The highest BCUT2D eigenvalue weighted by Crippen LogP contribution is 2.61. The molecular weight excluding hydrogens is 264 g/mol. The van der Waals surface area contributed by atoms with Gasteiger partial charge in [-0.3, -0.25) is 0 Å². The summed E-state index contributed by atoms with van der Waals surface area (Å²) in [7, 11) is 0. The normalized spacial score (nSPS) is 35.7. The Morgan fingerprint density at radius 3 is 1.82 bits per heavy atom. The van der Waals surface area contributed by atoms with Crippen molar-refractivity contribution in [1.82, 2.24) is 0 Å². The van der Waals surface area contributed by atoms with Gasteiger partial charge in [0.2, 0.25) is 0 Å². The van der Waals surface area contributed by atoms with Crippen molar-refractivity contribution >= 4 is 0 Å². The minimum absolute atomic E-state index is 0.487. The quantitative estimate of drug-likeness (QED) is 0.653. The Morgan fingerprint density at radius 2 is 1.18 bits per heavy atom. The predicted octanol–water partition coefficient (Wildman–Crippen LogP) is 5.82. The molecule has 0 spiro atoms. The second-order valence-electron chi connectivity index (χ2n) is 8.11. The molecule has 0 heteroatoms. The van der Waals surface area contributed by atoms with Gasteiger partial charge in [0, 0.05) is 0 Å². The van der Waals surface area contributed by atoms with Gasteiger partial charge in [-0.25, -0.2) is 0 Å². The van der Waals surface area contributed by atoms with Gasteiger partial charge >= 0.3 is 0 Å². The summed E-state index contributed by atoms with van der Waals surface area (Å²) >= 11 is 0. The molecule has 0 saturated heterocycles. The third kappa shape index (κ3) is 1.89. The van der Waals surface area contributed by atoms with E-state index in [0.29, 0.717) is 5.41 Å². The average Bonchev–Trinajstić information content (AvgIpc) is 2.54. The SMILES string of the molecule is c1ccc(-c2ccccc2C23CC4CC(CC(C4)C2)C3)cc1. The van der Waals surface area contributed by atoms with Crippen LogP contribution < -0.4 is 0 Å². The van der Waals surface area contributed by atoms with E-state index in [0.717, 1.165) is 17.8 Å². The highest BCUT2D eigenvalue weighted by Gasteiger charge is 2.52. The molecule has 4 aliphatic carbocycles. The molecule has 2 aromatic carbocycles. The van der Waals surface area contributed by atoms with Gasteiger partial charge in [-0.1, -0.05) is 54.6 Å². The van der Waals surface area contributed by atoms with E-state index in [9.17, 15) is 0 Å². The smallest absolute Gasteiger partial charge is 0.00329 e. The lowest BCUT2D eigenvalue weighted by molar-refractivity contribution is -0.00492. The van der Waals surface area contributed by atoms with Crippen LogP contribution in [0.2, 0.25) is 0 Å². The highest BCUT2D eigenvalue weighted by atomic mass is 14.6. The molecule has 112 valence electrons. The maximum Gasteiger partial charge on any atom is -0.00329 e. The molecule has 4 fully saturated rings. The second-order valence-corrected chi connectivity index (χ2v) is 8.11. The standard InChI is InChI=1S/C22H24/c1-2-6-19(7-3-1)20-8-4-5-9-21(20)22-13-16-10-17(14-22)12-18(11-16)15-22/h1-9,16-18H,10-15H2. The summed E-state index contributed by atoms with van der Waals surface area (Å²) in [5.74, 6) is 3.03. The topological polar surface area (TPSA) is 0 Å². The van der Waals surface area contributed by atoms with Gasteiger partial charge in [-0.05, 0) is 78.4 Å². The maximum absolute atomic E-state index is 2.44. The van der Waals surface area contributed by atoms with Crippen molar-refractivity contribution in [3.63, 3.8) is 0 Å². The zero-order valence-corrected chi connectivity index (χ0v) is 13.2. The van der Waals surface area contributed by atoms with Crippen LogP contribution >= 0.6 is 0 Å².